The SMILES string of the molecule is O=C(CC=NOCc1ccc(Cl)c(Cl)c1)Nc1ccccc1. The second-order valence-corrected chi connectivity index (χ2v) is 5.24. The number of halogens is 2. The Bertz CT molecular complexity index is 660. The minimum atomic E-state index is -0.159. The zero-order valence-corrected chi connectivity index (χ0v) is 13.1. The molecule has 4 nitrogen and oxygen atoms in total. The van der Waals surface area contributed by atoms with Gasteiger partial charge in [-0.15, -0.1) is 0 Å². The number of oxime groups is 1. The smallest absolute Gasteiger partial charge is 0.229 e. The number of amides is 1. The molecule has 1 N–H and O–H groups in total. The molecule has 2 aromatic carbocycles. The normalized spacial score (nSPS) is 10.6. The van der Waals surface area contributed by atoms with Crippen LogP contribution in [0.4, 0.5) is 5.69 Å². The summed E-state index contributed by atoms with van der Waals surface area (Å²) in [6, 6.07) is 14.4. The highest BCUT2D eigenvalue weighted by molar-refractivity contribution is 6.42. The summed E-state index contributed by atoms with van der Waals surface area (Å²) in [7, 11) is 0. The summed E-state index contributed by atoms with van der Waals surface area (Å²) in [5, 5.41) is 7.44. The number of rotatable bonds is 6. The highest BCUT2D eigenvalue weighted by Crippen LogP contribution is 2.22. The average molecular weight is 337 g/mol. The fraction of sp³-hybridized carbons (Fsp3) is 0.125. The van der Waals surface area contributed by atoms with Crippen LogP contribution in [0.2, 0.25) is 10.0 Å². The van der Waals surface area contributed by atoms with Crippen LogP contribution in [0.3, 0.4) is 0 Å². The largest absolute Gasteiger partial charge is 0.391 e. The first-order valence-electron chi connectivity index (χ1n) is 6.58. The van der Waals surface area contributed by atoms with Crippen LogP contribution in [0, 0.1) is 0 Å². The summed E-state index contributed by atoms with van der Waals surface area (Å²) in [5.74, 6) is -0.159. The molecular formula is C16H14Cl2N2O2. The van der Waals surface area contributed by atoms with Crippen LogP contribution in [-0.4, -0.2) is 12.1 Å². The first-order chi connectivity index (χ1) is 10.6. The van der Waals surface area contributed by atoms with Crippen molar-refractivity contribution in [2.24, 2.45) is 5.16 Å². The zero-order valence-electron chi connectivity index (χ0n) is 11.6. The Kier molecular flexibility index (Phi) is 6.25. The summed E-state index contributed by atoms with van der Waals surface area (Å²) in [6.07, 6.45) is 1.55. The Morgan fingerprint density at radius 1 is 1.14 bits per heavy atom. The van der Waals surface area contributed by atoms with Gasteiger partial charge in [0.15, 0.2) is 0 Å². The molecule has 0 saturated carbocycles. The Hall–Kier alpha value is -2.04. The maximum Gasteiger partial charge on any atom is 0.229 e. The molecule has 0 unspecified atom stereocenters. The van der Waals surface area contributed by atoms with E-state index in [4.69, 9.17) is 28.0 Å². The van der Waals surface area contributed by atoms with E-state index in [2.05, 4.69) is 10.5 Å². The van der Waals surface area contributed by atoms with Crippen LogP contribution < -0.4 is 5.32 Å². The molecule has 0 aromatic heterocycles. The number of nitrogens with one attached hydrogen (secondary N) is 1. The third-order valence-corrected chi connectivity index (χ3v) is 3.44. The van der Waals surface area contributed by atoms with Crippen molar-refractivity contribution in [3.05, 3.63) is 64.1 Å². The summed E-state index contributed by atoms with van der Waals surface area (Å²) in [4.78, 5) is 16.7. The van der Waals surface area contributed by atoms with Gasteiger partial charge in [0.25, 0.3) is 0 Å². The highest BCUT2D eigenvalue weighted by Gasteiger charge is 2.01. The first-order valence-corrected chi connectivity index (χ1v) is 7.33. The number of carbonyl (C=O) groups excluding carboxylic acids is 1. The van der Waals surface area contributed by atoms with Gasteiger partial charge in [0, 0.05) is 5.69 Å². The summed E-state index contributed by atoms with van der Waals surface area (Å²) < 4.78 is 0. The van der Waals surface area contributed by atoms with E-state index < -0.39 is 0 Å². The number of anilines is 1. The quantitative estimate of drug-likeness (QED) is 0.622. The monoisotopic (exact) mass is 336 g/mol. The van der Waals surface area contributed by atoms with E-state index in [0.717, 1.165) is 11.3 Å². The predicted molar refractivity (Wildman–Crippen MR) is 89.4 cm³/mol. The standard InChI is InChI=1S/C16H14Cl2N2O2/c17-14-7-6-12(10-15(14)18)11-22-19-9-8-16(21)20-13-4-2-1-3-5-13/h1-7,9-10H,8,11H2,(H,20,21). The summed E-state index contributed by atoms with van der Waals surface area (Å²) in [5.41, 5.74) is 1.60. The van der Waals surface area contributed by atoms with Crippen LogP contribution in [0.5, 0.6) is 0 Å². The molecule has 0 atom stereocenters. The molecule has 0 radical (unpaired) electrons. The molecule has 0 aliphatic heterocycles. The van der Waals surface area contributed by atoms with E-state index in [-0.39, 0.29) is 18.9 Å². The van der Waals surface area contributed by atoms with Gasteiger partial charge in [0.05, 0.1) is 22.7 Å². The summed E-state index contributed by atoms with van der Waals surface area (Å²) in [6.45, 7) is 0.258. The van der Waals surface area contributed by atoms with Crippen LogP contribution in [0.1, 0.15) is 12.0 Å². The van der Waals surface area contributed by atoms with Gasteiger partial charge in [-0.05, 0) is 29.8 Å². The molecule has 0 bridgehead atoms. The van der Waals surface area contributed by atoms with Gasteiger partial charge in [-0.1, -0.05) is 52.6 Å². The molecule has 0 heterocycles. The molecule has 0 aliphatic carbocycles. The lowest BCUT2D eigenvalue weighted by atomic mass is 10.2. The molecular weight excluding hydrogens is 323 g/mol. The molecule has 2 rings (SSSR count). The van der Waals surface area contributed by atoms with Gasteiger partial charge in [0.2, 0.25) is 5.91 Å². The van der Waals surface area contributed by atoms with Gasteiger partial charge >= 0.3 is 0 Å². The van der Waals surface area contributed by atoms with Crippen molar-refractivity contribution in [3.8, 4) is 0 Å². The van der Waals surface area contributed by atoms with E-state index in [1.807, 2.05) is 30.3 Å². The van der Waals surface area contributed by atoms with Crippen molar-refractivity contribution in [1.82, 2.24) is 0 Å². The third kappa shape index (κ3) is 5.39. The van der Waals surface area contributed by atoms with Crippen molar-refractivity contribution in [2.75, 3.05) is 5.32 Å². The Labute approximate surface area is 138 Å². The average Bonchev–Trinajstić information content (AvgIpc) is 2.51. The minimum absolute atomic E-state index is 0.135. The number of benzene rings is 2. The number of para-hydroxylation sites is 1. The van der Waals surface area contributed by atoms with Gasteiger partial charge in [-0.2, -0.15) is 0 Å². The van der Waals surface area contributed by atoms with Crippen molar-refractivity contribution >= 4 is 41.0 Å². The van der Waals surface area contributed by atoms with Crippen molar-refractivity contribution in [3.63, 3.8) is 0 Å². The van der Waals surface area contributed by atoms with E-state index in [1.54, 1.807) is 18.2 Å². The molecule has 2 aromatic rings. The molecule has 1 amide bonds. The molecule has 0 spiro atoms. The minimum Gasteiger partial charge on any atom is -0.391 e. The van der Waals surface area contributed by atoms with Crippen LogP contribution in [0.25, 0.3) is 0 Å². The molecule has 6 heteroatoms. The highest BCUT2D eigenvalue weighted by atomic mass is 35.5. The molecule has 0 aliphatic rings. The number of nitrogens with zero attached hydrogens (tertiary/aromatic N) is 1. The maximum absolute atomic E-state index is 11.6. The lowest BCUT2D eigenvalue weighted by Crippen LogP contribution is -2.11. The second-order valence-electron chi connectivity index (χ2n) is 4.43. The van der Waals surface area contributed by atoms with Crippen LogP contribution in [-0.2, 0) is 16.2 Å². The fourth-order valence-electron chi connectivity index (χ4n) is 1.65. The van der Waals surface area contributed by atoms with E-state index >= 15 is 0 Å². The van der Waals surface area contributed by atoms with Gasteiger partial charge < -0.3 is 10.2 Å². The number of hydrogen-bond acceptors (Lipinski definition) is 3. The lowest BCUT2D eigenvalue weighted by molar-refractivity contribution is -0.115. The summed E-state index contributed by atoms with van der Waals surface area (Å²) >= 11 is 11.7. The number of carbonyl (C=O) groups is 1. The maximum atomic E-state index is 11.6. The van der Waals surface area contributed by atoms with E-state index in [1.165, 1.54) is 6.21 Å². The Morgan fingerprint density at radius 2 is 1.91 bits per heavy atom. The first kappa shape index (κ1) is 16.3. The van der Waals surface area contributed by atoms with E-state index in [0.29, 0.717) is 10.0 Å². The Morgan fingerprint density at radius 3 is 2.64 bits per heavy atom. The predicted octanol–water partition coefficient (Wildman–Crippen LogP) is 4.52. The molecule has 0 saturated heterocycles. The van der Waals surface area contributed by atoms with Crippen LogP contribution >= 0.6 is 23.2 Å². The second kappa shape index (κ2) is 8.41. The van der Waals surface area contributed by atoms with Gasteiger partial charge in [0.1, 0.15) is 6.61 Å². The topological polar surface area (TPSA) is 50.7 Å². The molecule has 114 valence electrons. The molecule has 0 fully saturated rings. The number of hydrogen-bond donors (Lipinski definition) is 1. The Balaban J connectivity index is 1.71. The van der Waals surface area contributed by atoms with Crippen molar-refractivity contribution < 1.29 is 9.63 Å². The third-order valence-electron chi connectivity index (χ3n) is 2.70. The van der Waals surface area contributed by atoms with Crippen molar-refractivity contribution in [1.29, 1.82) is 0 Å². The van der Waals surface area contributed by atoms with Gasteiger partial charge in [-0.3, -0.25) is 4.79 Å². The molecule has 22 heavy (non-hydrogen) atoms. The van der Waals surface area contributed by atoms with Gasteiger partial charge in [-0.25, -0.2) is 0 Å². The van der Waals surface area contributed by atoms with Crippen LogP contribution in [0.15, 0.2) is 53.7 Å². The fourth-order valence-corrected chi connectivity index (χ4v) is 1.97. The lowest BCUT2D eigenvalue weighted by Gasteiger charge is -2.03. The zero-order chi connectivity index (χ0) is 15.8. The van der Waals surface area contributed by atoms with E-state index in [9.17, 15) is 4.79 Å². The van der Waals surface area contributed by atoms with Crippen molar-refractivity contribution in [2.45, 2.75) is 13.0 Å².